The van der Waals surface area contributed by atoms with Crippen LogP contribution in [0, 0.1) is 11.7 Å². The van der Waals surface area contributed by atoms with E-state index in [2.05, 4.69) is 9.55 Å². The molecule has 1 saturated carbocycles. The smallest absolute Gasteiger partial charge is 0.225 e. The number of carbonyl (C=O) groups is 1. The van der Waals surface area contributed by atoms with Crippen molar-refractivity contribution >= 4 is 5.91 Å². The molecule has 0 saturated heterocycles. The first-order chi connectivity index (χ1) is 12.5. The normalized spacial score (nSPS) is 15.4. The lowest BCUT2D eigenvalue weighted by Gasteiger charge is -2.35. The average Bonchev–Trinajstić information content (AvgIpc) is 3.08. The van der Waals surface area contributed by atoms with E-state index >= 15 is 0 Å². The predicted octanol–water partition coefficient (Wildman–Crippen LogP) is 4.39. The summed E-state index contributed by atoms with van der Waals surface area (Å²) in [6, 6.07) is 6.84. The van der Waals surface area contributed by atoms with Gasteiger partial charge in [-0.05, 0) is 30.5 Å². The number of halogens is 1. The highest BCUT2D eigenvalue weighted by molar-refractivity contribution is 5.78. The summed E-state index contributed by atoms with van der Waals surface area (Å²) in [7, 11) is 0. The van der Waals surface area contributed by atoms with E-state index < -0.39 is 0 Å². The first-order valence-electron chi connectivity index (χ1n) is 9.59. The molecule has 5 heteroatoms. The lowest BCUT2D eigenvalue weighted by Crippen LogP contribution is -2.43. The van der Waals surface area contributed by atoms with Crippen molar-refractivity contribution in [2.45, 2.75) is 65.1 Å². The number of imidazole rings is 1. The fourth-order valence-corrected chi connectivity index (χ4v) is 3.69. The van der Waals surface area contributed by atoms with E-state index in [1.807, 2.05) is 24.9 Å². The van der Waals surface area contributed by atoms with Crippen molar-refractivity contribution in [1.82, 2.24) is 14.5 Å². The van der Waals surface area contributed by atoms with Crippen LogP contribution in [0.25, 0.3) is 0 Å². The SMILES string of the molecule is CC(C)C(=O)N(Cc1nccn1Cc1ccc(F)cc1)C1CCCCC1. The van der Waals surface area contributed by atoms with Crippen LogP contribution in [-0.4, -0.2) is 26.4 Å². The van der Waals surface area contributed by atoms with Crippen molar-refractivity contribution in [1.29, 1.82) is 0 Å². The van der Waals surface area contributed by atoms with Crippen molar-refractivity contribution < 1.29 is 9.18 Å². The third-order valence-corrected chi connectivity index (χ3v) is 5.17. The Labute approximate surface area is 155 Å². The van der Waals surface area contributed by atoms with E-state index in [0.29, 0.717) is 19.1 Å². The highest BCUT2D eigenvalue weighted by Gasteiger charge is 2.28. The van der Waals surface area contributed by atoms with Crippen molar-refractivity contribution in [2.75, 3.05) is 0 Å². The molecule has 1 aliphatic rings. The molecule has 4 nitrogen and oxygen atoms in total. The predicted molar refractivity (Wildman–Crippen MR) is 100.0 cm³/mol. The van der Waals surface area contributed by atoms with Crippen molar-refractivity contribution in [3.63, 3.8) is 0 Å². The topological polar surface area (TPSA) is 38.1 Å². The molecule has 3 rings (SSSR count). The number of carbonyl (C=O) groups excluding carboxylic acids is 1. The number of aromatic nitrogens is 2. The van der Waals surface area contributed by atoms with Crippen LogP contribution in [0.4, 0.5) is 4.39 Å². The minimum absolute atomic E-state index is 0.0163. The Morgan fingerprint density at radius 2 is 1.92 bits per heavy atom. The summed E-state index contributed by atoms with van der Waals surface area (Å²) in [4.78, 5) is 19.4. The van der Waals surface area contributed by atoms with Crippen LogP contribution >= 0.6 is 0 Å². The van der Waals surface area contributed by atoms with Gasteiger partial charge < -0.3 is 9.47 Å². The van der Waals surface area contributed by atoms with Crippen LogP contribution in [-0.2, 0) is 17.9 Å². The largest absolute Gasteiger partial charge is 0.332 e. The molecule has 1 fully saturated rings. The Morgan fingerprint density at radius 3 is 2.58 bits per heavy atom. The zero-order valence-electron chi connectivity index (χ0n) is 15.7. The summed E-state index contributed by atoms with van der Waals surface area (Å²) in [6.45, 7) is 5.09. The average molecular weight is 357 g/mol. The summed E-state index contributed by atoms with van der Waals surface area (Å²) >= 11 is 0. The van der Waals surface area contributed by atoms with Gasteiger partial charge in [0.2, 0.25) is 5.91 Å². The lowest BCUT2D eigenvalue weighted by molar-refractivity contribution is -0.138. The van der Waals surface area contributed by atoms with Gasteiger partial charge in [-0.3, -0.25) is 4.79 Å². The van der Waals surface area contributed by atoms with Crippen molar-refractivity contribution in [3.05, 3.63) is 53.9 Å². The fraction of sp³-hybridized carbons (Fsp3) is 0.524. The maximum Gasteiger partial charge on any atom is 0.225 e. The van der Waals surface area contributed by atoms with E-state index in [0.717, 1.165) is 24.2 Å². The Kier molecular flexibility index (Phi) is 6.07. The fourth-order valence-electron chi connectivity index (χ4n) is 3.69. The molecule has 0 bridgehead atoms. The molecule has 0 unspecified atom stereocenters. The second-order valence-electron chi connectivity index (χ2n) is 7.51. The Hall–Kier alpha value is -2.17. The summed E-state index contributed by atoms with van der Waals surface area (Å²) in [6.07, 6.45) is 9.51. The highest BCUT2D eigenvalue weighted by atomic mass is 19.1. The number of amides is 1. The van der Waals surface area contributed by atoms with Crippen LogP contribution in [0.1, 0.15) is 57.3 Å². The number of rotatable bonds is 6. The Bertz CT molecular complexity index is 717. The Balaban J connectivity index is 1.77. The molecule has 26 heavy (non-hydrogen) atoms. The molecule has 2 aromatic rings. The molecule has 1 aromatic heterocycles. The molecule has 0 radical (unpaired) electrons. The van der Waals surface area contributed by atoms with Crippen LogP contribution in [0.3, 0.4) is 0 Å². The summed E-state index contributed by atoms with van der Waals surface area (Å²) < 4.78 is 15.2. The molecule has 1 heterocycles. The van der Waals surface area contributed by atoms with Gasteiger partial charge in [-0.25, -0.2) is 9.37 Å². The standard InChI is InChI=1S/C21H28FN3O/c1-16(2)21(26)25(19-6-4-3-5-7-19)15-20-23-12-13-24(20)14-17-8-10-18(22)11-9-17/h8-13,16,19H,3-7,14-15H2,1-2H3. The van der Waals surface area contributed by atoms with Crippen LogP contribution in [0.15, 0.2) is 36.7 Å². The minimum Gasteiger partial charge on any atom is -0.332 e. The van der Waals surface area contributed by atoms with Crippen LogP contribution < -0.4 is 0 Å². The first-order valence-corrected chi connectivity index (χ1v) is 9.59. The van der Waals surface area contributed by atoms with E-state index in [1.165, 1.54) is 31.4 Å². The van der Waals surface area contributed by atoms with Gasteiger partial charge in [0.25, 0.3) is 0 Å². The number of hydrogen-bond donors (Lipinski definition) is 0. The molecule has 1 amide bonds. The second kappa shape index (κ2) is 8.47. The van der Waals surface area contributed by atoms with Crippen LogP contribution in [0.2, 0.25) is 0 Å². The van der Waals surface area contributed by atoms with Crippen LogP contribution in [0.5, 0.6) is 0 Å². The van der Waals surface area contributed by atoms with Gasteiger partial charge in [0.15, 0.2) is 0 Å². The Morgan fingerprint density at radius 1 is 1.23 bits per heavy atom. The number of hydrogen-bond acceptors (Lipinski definition) is 2. The van der Waals surface area contributed by atoms with Gasteiger partial charge in [0.1, 0.15) is 11.6 Å². The molecular weight excluding hydrogens is 329 g/mol. The highest BCUT2D eigenvalue weighted by Crippen LogP contribution is 2.25. The molecule has 0 spiro atoms. The van der Waals surface area contributed by atoms with E-state index in [9.17, 15) is 9.18 Å². The van der Waals surface area contributed by atoms with E-state index in [1.54, 1.807) is 18.3 Å². The zero-order chi connectivity index (χ0) is 18.5. The van der Waals surface area contributed by atoms with Gasteiger partial charge in [-0.2, -0.15) is 0 Å². The summed E-state index contributed by atoms with van der Waals surface area (Å²) in [5.74, 6) is 0.838. The third-order valence-electron chi connectivity index (χ3n) is 5.17. The maximum absolute atomic E-state index is 13.1. The molecule has 0 N–H and O–H groups in total. The van der Waals surface area contributed by atoms with Crippen molar-refractivity contribution in [3.8, 4) is 0 Å². The molecule has 1 aliphatic carbocycles. The minimum atomic E-state index is -0.231. The quantitative estimate of drug-likeness (QED) is 0.769. The molecule has 1 aromatic carbocycles. The van der Waals surface area contributed by atoms with Gasteiger partial charge in [-0.15, -0.1) is 0 Å². The maximum atomic E-state index is 13.1. The molecular formula is C21H28FN3O. The molecule has 140 valence electrons. The van der Waals surface area contributed by atoms with Gasteiger partial charge >= 0.3 is 0 Å². The zero-order valence-corrected chi connectivity index (χ0v) is 15.7. The van der Waals surface area contributed by atoms with E-state index in [4.69, 9.17) is 0 Å². The number of benzene rings is 1. The number of nitrogens with zero attached hydrogens (tertiary/aromatic N) is 3. The van der Waals surface area contributed by atoms with Crippen molar-refractivity contribution in [2.24, 2.45) is 5.92 Å². The monoisotopic (exact) mass is 357 g/mol. The lowest BCUT2D eigenvalue weighted by atomic mass is 9.93. The molecule has 0 atom stereocenters. The third kappa shape index (κ3) is 4.51. The van der Waals surface area contributed by atoms with Gasteiger partial charge in [-0.1, -0.05) is 45.2 Å². The first kappa shape index (κ1) is 18.6. The summed E-state index contributed by atoms with van der Waals surface area (Å²) in [5.41, 5.74) is 1.02. The van der Waals surface area contributed by atoms with Gasteiger partial charge in [0, 0.05) is 30.9 Å². The van der Waals surface area contributed by atoms with Gasteiger partial charge in [0.05, 0.1) is 6.54 Å². The van der Waals surface area contributed by atoms with E-state index in [-0.39, 0.29) is 17.6 Å². The summed E-state index contributed by atoms with van der Waals surface area (Å²) in [5, 5.41) is 0. The second-order valence-corrected chi connectivity index (χ2v) is 7.51. The molecule has 0 aliphatic heterocycles.